The number of ketones is 1. The van der Waals surface area contributed by atoms with Crippen molar-refractivity contribution in [1.82, 2.24) is 0 Å². The van der Waals surface area contributed by atoms with Crippen molar-refractivity contribution >= 4 is 11.8 Å². The molecular weight excluding hydrogens is 192 g/mol. The molecule has 84 valence electrons. The maximum Gasteiger partial charge on any atom is 0.310 e. The lowest BCUT2D eigenvalue weighted by molar-refractivity contribution is -0.149. The molecule has 3 nitrogen and oxygen atoms in total. The summed E-state index contributed by atoms with van der Waals surface area (Å²) in [5.41, 5.74) is 0.00364. The summed E-state index contributed by atoms with van der Waals surface area (Å²) in [5.74, 6) is 0.321. The van der Waals surface area contributed by atoms with Gasteiger partial charge in [-0.2, -0.15) is 0 Å². The van der Waals surface area contributed by atoms with Crippen LogP contribution >= 0.6 is 0 Å². The summed E-state index contributed by atoms with van der Waals surface area (Å²) in [6.07, 6.45) is 1.55. The number of rotatable bonds is 2. The standard InChI is InChI=1S/C12H18O3/c1-12(2,3)6-15-11(14)10-7-4-5-8(13)9(7)10/h7,9-10H,4-6H2,1-3H3/t7-,9-,10+/m0/s1. The first kappa shape index (κ1) is 10.7. The minimum atomic E-state index is -0.159. The highest BCUT2D eigenvalue weighted by Crippen LogP contribution is 2.55. The third kappa shape index (κ3) is 2.06. The first-order valence-corrected chi connectivity index (χ1v) is 5.59. The van der Waals surface area contributed by atoms with Crippen molar-refractivity contribution in [1.29, 1.82) is 0 Å². The first-order chi connectivity index (χ1) is 6.90. The highest BCUT2D eigenvalue weighted by molar-refractivity contribution is 5.94. The van der Waals surface area contributed by atoms with Gasteiger partial charge in [0.1, 0.15) is 5.78 Å². The Morgan fingerprint density at radius 3 is 2.60 bits per heavy atom. The fourth-order valence-electron chi connectivity index (χ4n) is 2.35. The normalized spacial score (nSPS) is 33.8. The number of esters is 1. The number of hydrogen-bond donors (Lipinski definition) is 0. The van der Waals surface area contributed by atoms with Gasteiger partial charge in [-0.15, -0.1) is 0 Å². The topological polar surface area (TPSA) is 43.4 Å². The third-order valence-electron chi connectivity index (χ3n) is 3.18. The average Bonchev–Trinajstić information content (AvgIpc) is 2.73. The van der Waals surface area contributed by atoms with Gasteiger partial charge in [0.25, 0.3) is 0 Å². The molecule has 0 aromatic heterocycles. The maximum absolute atomic E-state index is 11.6. The Hall–Kier alpha value is -0.860. The number of carbonyl (C=O) groups is 2. The lowest BCUT2D eigenvalue weighted by Gasteiger charge is -2.18. The molecule has 0 heterocycles. The summed E-state index contributed by atoms with van der Waals surface area (Å²) in [6, 6.07) is 0. The minimum Gasteiger partial charge on any atom is -0.465 e. The largest absolute Gasteiger partial charge is 0.465 e. The van der Waals surface area contributed by atoms with Crippen LogP contribution in [0.3, 0.4) is 0 Å². The van der Waals surface area contributed by atoms with Crippen LogP contribution in [0.1, 0.15) is 33.6 Å². The highest BCUT2D eigenvalue weighted by atomic mass is 16.5. The molecule has 0 N–H and O–H groups in total. The molecule has 2 fully saturated rings. The molecule has 3 heteroatoms. The van der Waals surface area contributed by atoms with Gasteiger partial charge < -0.3 is 4.74 Å². The second-order valence-corrected chi connectivity index (χ2v) is 5.89. The summed E-state index contributed by atoms with van der Waals surface area (Å²) >= 11 is 0. The van der Waals surface area contributed by atoms with E-state index in [1.54, 1.807) is 0 Å². The van der Waals surface area contributed by atoms with E-state index < -0.39 is 0 Å². The number of hydrogen-bond acceptors (Lipinski definition) is 3. The van der Waals surface area contributed by atoms with Crippen molar-refractivity contribution in [2.75, 3.05) is 6.61 Å². The molecule has 0 amide bonds. The maximum atomic E-state index is 11.6. The van der Waals surface area contributed by atoms with Gasteiger partial charge in [-0.1, -0.05) is 20.8 Å². The lowest BCUT2D eigenvalue weighted by Crippen LogP contribution is -2.21. The predicted octanol–water partition coefficient (Wildman–Crippen LogP) is 1.80. The average molecular weight is 210 g/mol. The van der Waals surface area contributed by atoms with Crippen molar-refractivity contribution in [2.45, 2.75) is 33.6 Å². The van der Waals surface area contributed by atoms with Crippen LogP contribution in [0.4, 0.5) is 0 Å². The SMILES string of the molecule is CC(C)(C)COC(=O)[C@@H]1[C@H]2CCC(=O)[C@H]21. The van der Waals surface area contributed by atoms with E-state index in [-0.39, 0.29) is 29.0 Å². The number of fused-ring (bicyclic) bond motifs is 1. The Bertz CT molecular complexity index is 300. The van der Waals surface area contributed by atoms with Crippen molar-refractivity contribution in [3.8, 4) is 0 Å². The summed E-state index contributed by atoms with van der Waals surface area (Å²) in [5, 5.41) is 0. The number of carbonyl (C=O) groups excluding carboxylic acids is 2. The van der Waals surface area contributed by atoms with E-state index in [2.05, 4.69) is 0 Å². The van der Waals surface area contributed by atoms with Crippen LogP contribution < -0.4 is 0 Å². The van der Waals surface area contributed by atoms with Crippen LogP contribution in [-0.2, 0) is 14.3 Å². The second kappa shape index (κ2) is 3.32. The quantitative estimate of drug-likeness (QED) is 0.653. The molecular formula is C12H18O3. The van der Waals surface area contributed by atoms with Gasteiger partial charge >= 0.3 is 5.97 Å². The van der Waals surface area contributed by atoms with E-state index in [0.29, 0.717) is 18.9 Å². The molecule has 0 aromatic carbocycles. The molecule has 2 rings (SSSR count). The summed E-state index contributed by atoms with van der Waals surface area (Å²) in [7, 11) is 0. The van der Waals surface area contributed by atoms with Crippen molar-refractivity contribution in [3.63, 3.8) is 0 Å². The molecule has 0 unspecified atom stereocenters. The predicted molar refractivity (Wildman–Crippen MR) is 55.1 cm³/mol. The zero-order valence-electron chi connectivity index (χ0n) is 9.58. The zero-order chi connectivity index (χ0) is 11.2. The zero-order valence-corrected chi connectivity index (χ0v) is 9.58. The van der Waals surface area contributed by atoms with Gasteiger partial charge in [0.05, 0.1) is 12.5 Å². The number of Topliss-reactive ketones (excluding diaryl/α,β-unsaturated/α-hetero) is 1. The van der Waals surface area contributed by atoms with Crippen LogP contribution in [0.15, 0.2) is 0 Å². The minimum absolute atomic E-state index is 0.00364. The molecule has 2 aliphatic carbocycles. The van der Waals surface area contributed by atoms with Gasteiger partial charge in [0, 0.05) is 12.3 Å². The van der Waals surface area contributed by atoms with E-state index in [4.69, 9.17) is 4.74 Å². The molecule has 3 atom stereocenters. The molecule has 2 saturated carbocycles. The van der Waals surface area contributed by atoms with E-state index in [0.717, 1.165) is 6.42 Å². The summed E-state index contributed by atoms with van der Waals surface area (Å²) < 4.78 is 5.22. The van der Waals surface area contributed by atoms with E-state index >= 15 is 0 Å². The Balaban J connectivity index is 1.82. The molecule has 0 aliphatic heterocycles. The smallest absolute Gasteiger partial charge is 0.310 e. The Morgan fingerprint density at radius 1 is 1.47 bits per heavy atom. The lowest BCUT2D eigenvalue weighted by atomic mass is 9.99. The van der Waals surface area contributed by atoms with Crippen LogP contribution in [0.5, 0.6) is 0 Å². The van der Waals surface area contributed by atoms with Crippen molar-refractivity contribution in [2.24, 2.45) is 23.2 Å². The number of ether oxygens (including phenoxy) is 1. The Morgan fingerprint density at radius 2 is 2.13 bits per heavy atom. The fraction of sp³-hybridized carbons (Fsp3) is 0.833. The molecule has 0 radical (unpaired) electrons. The second-order valence-electron chi connectivity index (χ2n) is 5.89. The van der Waals surface area contributed by atoms with E-state index in [1.165, 1.54) is 0 Å². The van der Waals surface area contributed by atoms with Crippen LogP contribution in [-0.4, -0.2) is 18.4 Å². The first-order valence-electron chi connectivity index (χ1n) is 5.59. The molecule has 15 heavy (non-hydrogen) atoms. The molecule has 2 aliphatic rings. The monoisotopic (exact) mass is 210 g/mol. The van der Waals surface area contributed by atoms with Crippen LogP contribution in [0.2, 0.25) is 0 Å². The van der Waals surface area contributed by atoms with Crippen LogP contribution in [0.25, 0.3) is 0 Å². The molecule has 0 spiro atoms. The highest BCUT2D eigenvalue weighted by Gasteiger charge is 2.62. The van der Waals surface area contributed by atoms with Gasteiger partial charge in [0.15, 0.2) is 0 Å². The summed E-state index contributed by atoms with van der Waals surface area (Å²) in [4.78, 5) is 23.0. The fourth-order valence-corrected chi connectivity index (χ4v) is 2.35. The molecule has 0 bridgehead atoms. The van der Waals surface area contributed by atoms with Gasteiger partial charge in [-0.3, -0.25) is 9.59 Å². The van der Waals surface area contributed by atoms with Crippen molar-refractivity contribution < 1.29 is 14.3 Å². The molecule has 0 aromatic rings. The van der Waals surface area contributed by atoms with Crippen LogP contribution in [0, 0.1) is 23.2 Å². The Kier molecular flexibility index (Phi) is 2.36. The van der Waals surface area contributed by atoms with Gasteiger partial charge in [-0.25, -0.2) is 0 Å². The van der Waals surface area contributed by atoms with Crippen molar-refractivity contribution in [3.05, 3.63) is 0 Å². The van der Waals surface area contributed by atoms with Gasteiger partial charge in [-0.05, 0) is 17.8 Å². The Labute approximate surface area is 90.2 Å². The van der Waals surface area contributed by atoms with E-state index in [1.807, 2.05) is 20.8 Å². The third-order valence-corrected chi connectivity index (χ3v) is 3.18. The summed E-state index contributed by atoms with van der Waals surface area (Å²) in [6.45, 7) is 6.52. The molecule has 0 saturated heterocycles. The van der Waals surface area contributed by atoms with Gasteiger partial charge in [0.2, 0.25) is 0 Å². The van der Waals surface area contributed by atoms with E-state index in [9.17, 15) is 9.59 Å².